The van der Waals surface area contributed by atoms with Crippen LogP contribution in [-0.2, 0) is 35.7 Å². The molecule has 1 N–H and O–H groups in total. The van der Waals surface area contributed by atoms with Crippen LogP contribution >= 0.6 is 0 Å². The van der Waals surface area contributed by atoms with Gasteiger partial charge in [0.05, 0.1) is 28.4 Å². The maximum atomic E-state index is 13.3. The number of ketones is 1. The zero-order valence-corrected chi connectivity index (χ0v) is 23.8. The molecular weight excluding hydrogens is 528 g/mol. The van der Waals surface area contributed by atoms with Crippen molar-refractivity contribution in [3.05, 3.63) is 64.4 Å². The van der Waals surface area contributed by atoms with Crippen LogP contribution in [0.3, 0.4) is 0 Å². The molecule has 0 radical (unpaired) electrons. The Bertz CT molecular complexity index is 1470. The average Bonchev–Trinajstić information content (AvgIpc) is 3.43. The molecule has 10 nitrogen and oxygen atoms in total. The minimum atomic E-state index is -0.868. The highest BCUT2D eigenvalue weighted by molar-refractivity contribution is 6.13. The largest absolute Gasteiger partial charge is 0.504 e. The molecule has 2 aliphatic carbocycles. The van der Waals surface area contributed by atoms with Crippen LogP contribution in [-0.4, -0.2) is 75.5 Å². The molecule has 0 spiro atoms. The number of oxime groups is 1. The molecule has 5 atom stereocenters. The molecule has 2 aliphatic heterocycles. The molecule has 1 fully saturated rings. The van der Waals surface area contributed by atoms with Gasteiger partial charge in [0.2, 0.25) is 0 Å². The van der Waals surface area contributed by atoms with Crippen molar-refractivity contribution in [1.29, 1.82) is 0 Å². The number of phenols is 1. The molecule has 0 unspecified atom stereocenters. The molecule has 2 aromatic carbocycles. The van der Waals surface area contributed by atoms with Crippen LogP contribution in [0.4, 0.5) is 0 Å². The highest BCUT2D eigenvalue weighted by Gasteiger charge is 2.58. The maximum Gasteiger partial charge on any atom is 0.319 e. The lowest BCUT2D eigenvalue weighted by molar-refractivity contribution is -0.146. The summed E-state index contributed by atoms with van der Waals surface area (Å²) in [6.45, 7) is 0.769. The predicted molar refractivity (Wildman–Crippen MR) is 148 cm³/mol. The number of phenolic OH excluding ortho intramolecular Hbond substituents is 1. The Balaban J connectivity index is 1.53. The third-order valence-electron chi connectivity index (χ3n) is 9.38. The number of benzene rings is 2. The van der Waals surface area contributed by atoms with E-state index in [-0.39, 0.29) is 35.7 Å². The van der Waals surface area contributed by atoms with Crippen molar-refractivity contribution in [3.8, 4) is 17.2 Å². The summed E-state index contributed by atoms with van der Waals surface area (Å²) in [5, 5.41) is 16.0. The molecule has 2 heterocycles. The fourth-order valence-corrected chi connectivity index (χ4v) is 7.35. The van der Waals surface area contributed by atoms with E-state index in [4.69, 9.17) is 23.8 Å². The number of fused-ring (bicyclic) bond motifs is 1. The lowest BCUT2D eigenvalue weighted by atomic mass is 9.53. The van der Waals surface area contributed by atoms with Crippen LogP contribution in [0.5, 0.6) is 17.2 Å². The first-order valence-corrected chi connectivity index (χ1v) is 13.7. The second-order valence-electron chi connectivity index (χ2n) is 11.1. The Morgan fingerprint density at radius 2 is 1.88 bits per heavy atom. The summed E-state index contributed by atoms with van der Waals surface area (Å²) in [6, 6.07) is 9.01. The quantitative estimate of drug-likeness (QED) is 0.530. The summed E-state index contributed by atoms with van der Waals surface area (Å²) in [4.78, 5) is 34.9. The molecule has 0 saturated carbocycles. The summed E-state index contributed by atoms with van der Waals surface area (Å²) >= 11 is 0. The normalized spacial score (nSPS) is 28.5. The molecular formula is C31H34N2O8. The van der Waals surface area contributed by atoms with Gasteiger partial charge in [-0.05, 0) is 68.4 Å². The summed E-state index contributed by atoms with van der Waals surface area (Å²) < 4.78 is 21.6. The van der Waals surface area contributed by atoms with Crippen LogP contribution in [0, 0.1) is 11.8 Å². The van der Waals surface area contributed by atoms with Crippen LogP contribution in [0.15, 0.2) is 47.3 Å². The SMILES string of the molecule is COC(=O)[C@H]1C(c2ccc(OC)cc2)=NO[C@@H]1c1cc(OC)c(O)c2c1C[C@H]1[C@H]3C=C(OC)C(=O)C[C@@]23CCN1C. The monoisotopic (exact) mass is 562 g/mol. The number of likely N-dealkylation sites (tertiary alicyclic amines) is 1. The minimum Gasteiger partial charge on any atom is -0.504 e. The van der Waals surface area contributed by atoms with E-state index in [1.165, 1.54) is 21.3 Å². The number of nitrogens with zero attached hydrogens (tertiary/aromatic N) is 2. The number of Topliss-reactive ketones (excluding diaryl/α,β-unsaturated/α-hetero) is 1. The number of aromatic hydroxyl groups is 1. The third-order valence-corrected chi connectivity index (χ3v) is 9.38. The summed E-state index contributed by atoms with van der Waals surface area (Å²) in [6.07, 6.45) is 2.54. The first-order chi connectivity index (χ1) is 19.8. The van der Waals surface area contributed by atoms with Gasteiger partial charge in [-0.2, -0.15) is 0 Å². The molecule has 0 amide bonds. The van der Waals surface area contributed by atoms with Gasteiger partial charge < -0.3 is 33.8 Å². The maximum absolute atomic E-state index is 13.3. The van der Waals surface area contributed by atoms with Crippen LogP contribution < -0.4 is 9.47 Å². The standard InChI is InChI=1S/C31H34N2O8/c1-33-11-10-31-15-22(34)23(38-3)14-20(31)21(33)12-18-19(13-24(39-4)28(35)26(18)31)29-25(30(36)40-5)27(32-41-29)16-6-8-17(37-2)9-7-16/h6-9,13-14,20-21,25,29,35H,10-12,15H2,1-5H3/t20-,21+,25+,29-,31-/m1/s1. The van der Waals surface area contributed by atoms with Crippen molar-refractivity contribution in [1.82, 2.24) is 4.90 Å². The summed E-state index contributed by atoms with van der Waals surface area (Å²) in [5.41, 5.74) is 2.71. The van der Waals surface area contributed by atoms with Crippen LogP contribution in [0.25, 0.3) is 0 Å². The van der Waals surface area contributed by atoms with E-state index in [2.05, 4.69) is 17.1 Å². The van der Waals surface area contributed by atoms with Crippen molar-refractivity contribution >= 4 is 17.5 Å². The highest BCUT2D eigenvalue weighted by Crippen LogP contribution is 2.59. The van der Waals surface area contributed by atoms with Crippen molar-refractivity contribution in [2.24, 2.45) is 17.0 Å². The molecule has 10 heteroatoms. The Kier molecular flexibility index (Phi) is 6.68. The minimum absolute atomic E-state index is 0.0187. The summed E-state index contributed by atoms with van der Waals surface area (Å²) in [5.74, 6) is -0.209. The number of rotatable bonds is 6. The van der Waals surface area contributed by atoms with E-state index in [1.54, 1.807) is 25.3 Å². The fraction of sp³-hybridized carbons (Fsp3) is 0.452. The van der Waals surface area contributed by atoms with E-state index in [0.29, 0.717) is 46.8 Å². The molecule has 4 aliphatic rings. The molecule has 2 bridgehead atoms. The van der Waals surface area contributed by atoms with Gasteiger partial charge in [-0.15, -0.1) is 0 Å². The summed E-state index contributed by atoms with van der Waals surface area (Å²) in [7, 11) is 8.01. The third kappa shape index (κ3) is 3.99. The number of carbonyl (C=O) groups excluding carboxylic acids is 2. The number of esters is 1. The second kappa shape index (κ2) is 10.1. The zero-order chi connectivity index (χ0) is 29.1. The van der Waals surface area contributed by atoms with Crippen molar-refractivity contribution in [3.63, 3.8) is 0 Å². The number of carbonyl (C=O) groups is 2. The molecule has 216 valence electrons. The van der Waals surface area contributed by atoms with Gasteiger partial charge in [-0.1, -0.05) is 5.16 Å². The van der Waals surface area contributed by atoms with E-state index in [1.807, 2.05) is 18.2 Å². The van der Waals surface area contributed by atoms with Gasteiger partial charge in [0.1, 0.15) is 17.4 Å². The van der Waals surface area contributed by atoms with Crippen molar-refractivity contribution < 1.29 is 38.5 Å². The number of ether oxygens (including phenoxy) is 4. The number of allylic oxidation sites excluding steroid dienone is 1. The Morgan fingerprint density at radius 1 is 1.12 bits per heavy atom. The Labute approximate surface area is 238 Å². The molecule has 6 rings (SSSR count). The lowest BCUT2D eigenvalue weighted by Gasteiger charge is -2.57. The number of hydrogen-bond donors (Lipinski definition) is 1. The van der Waals surface area contributed by atoms with Crippen molar-refractivity contribution in [2.75, 3.05) is 42.0 Å². The molecule has 2 aromatic rings. The Morgan fingerprint density at radius 3 is 2.54 bits per heavy atom. The topological polar surface area (TPSA) is 116 Å². The van der Waals surface area contributed by atoms with E-state index in [0.717, 1.165) is 12.1 Å². The average molecular weight is 563 g/mol. The number of hydrogen-bond acceptors (Lipinski definition) is 10. The van der Waals surface area contributed by atoms with Crippen LogP contribution in [0.2, 0.25) is 0 Å². The predicted octanol–water partition coefficient (Wildman–Crippen LogP) is 3.29. The van der Waals surface area contributed by atoms with Gasteiger partial charge in [-0.25, -0.2) is 0 Å². The number of likely N-dealkylation sites (N-methyl/N-ethyl adjacent to an activating group) is 1. The van der Waals surface area contributed by atoms with Gasteiger partial charge in [-0.3, -0.25) is 9.59 Å². The molecule has 41 heavy (non-hydrogen) atoms. The van der Waals surface area contributed by atoms with Crippen LogP contribution in [0.1, 0.15) is 41.2 Å². The fourth-order valence-electron chi connectivity index (χ4n) is 7.35. The van der Waals surface area contributed by atoms with E-state index in [9.17, 15) is 14.7 Å². The highest BCUT2D eigenvalue weighted by atomic mass is 16.6. The van der Waals surface area contributed by atoms with E-state index < -0.39 is 23.4 Å². The zero-order valence-electron chi connectivity index (χ0n) is 23.8. The van der Waals surface area contributed by atoms with Crippen molar-refractivity contribution in [2.45, 2.75) is 36.8 Å². The first kappa shape index (κ1) is 27.1. The van der Waals surface area contributed by atoms with Gasteiger partial charge >= 0.3 is 5.97 Å². The second-order valence-corrected chi connectivity index (χ2v) is 11.1. The lowest BCUT2D eigenvalue weighted by Crippen LogP contribution is -2.60. The molecule has 1 saturated heterocycles. The number of piperidine rings is 1. The smallest absolute Gasteiger partial charge is 0.319 e. The first-order valence-electron chi connectivity index (χ1n) is 13.7. The van der Waals surface area contributed by atoms with Gasteiger partial charge in [0, 0.05) is 40.5 Å². The Hall–Kier alpha value is -4.05. The molecule has 0 aromatic heterocycles. The number of methoxy groups -OCH3 is 4. The van der Waals surface area contributed by atoms with Gasteiger partial charge in [0.25, 0.3) is 0 Å². The van der Waals surface area contributed by atoms with Gasteiger partial charge in [0.15, 0.2) is 29.1 Å². The van der Waals surface area contributed by atoms with E-state index >= 15 is 0 Å².